The Morgan fingerprint density at radius 2 is 2.14 bits per heavy atom. The molecule has 3 nitrogen and oxygen atoms in total. The van der Waals surface area contributed by atoms with Crippen LogP contribution in [0.1, 0.15) is 12.0 Å². The summed E-state index contributed by atoms with van der Waals surface area (Å²) in [5, 5.41) is 4.53. The lowest BCUT2D eigenvalue weighted by Crippen LogP contribution is -2.36. The molecule has 21 heavy (non-hydrogen) atoms. The van der Waals surface area contributed by atoms with Crippen molar-refractivity contribution in [2.45, 2.75) is 25.2 Å². The molecule has 0 spiro atoms. The van der Waals surface area contributed by atoms with Gasteiger partial charge in [-0.05, 0) is 24.1 Å². The summed E-state index contributed by atoms with van der Waals surface area (Å²) in [6.07, 6.45) is -1.44. The van der Waals surface area contributed by atoms with Crippen LogP contribution in [0.3, 0.4) is 0 Å². The van der Waals surface area contributed by atoms with Crippen LogP contribution in [-0.4, -0.2) is 41.7 Å². The largest absolute Gasteiger partial charge is 0.401 e. The first-order valence-corrected chi connectivity index (χ1v) is 7.09. The molecule has 0 saturated carbocycles. The van der Waals surface area contributed by atoms with E-state index in [9.17, 15) is 13.2 Å². The third kappa shape index (κ3) is 3.57. The predicted octanol–water partition coefficient (Wildman–Crippen LogP) is 2.89. The summed E-state index contributed by atoms with van der Waals surface area (Å²) in [7, 11) is 0. The lowest BCUT2D eigenvalue weighted by Gasteiger charge is -2.18. The van der Waals surface area contributed by atoms with Crippen molar-refractivity contribution in [1.29, 1.82) is 0 Å². The fourth-order valence-electron chi connectivity index (χ4n) is 2.96. The zero-order valence-corrected chi connectivity index (χ0v) is 11.6. The van der Waals surface area contributed by atoms with Crippen molar-refractivity contribution >= 4 is 10.9 Å². The molecule has 2 N–H and O–H groups in total. The van der Waals surface area contributed by atoms with Crippen molar-refractivity contribution in [2.75, 3.05) is 19.6 Å². The normalized spacial score (nSPS) is 20.4. The van der Waals surface area contributed by atoms with E-state index in [4.69, 9.17) is 0 Å². The van der Waals surface area contributed by atoms with E-state index in [-0.39, 0.29) is 6.04 Å². The number of aromatic nitrogens is 1. The molecule has 6 heteroatoms. The molecule has 0 radical (unpaired) electrons. The van der Waals surface area contributed by atoms with Crippen LogP contribution in [0.4, 0.5) is 13.2 Å². The van der Waals surface area contributed by atoms with Gasteiger partial charge in [0.2, 0.25) is 0 Å². The Bertz CT molecular complexity index is 605. The molecular weight excluding hydrogens is 279 g/mol. The second kappa shape index (κ2) is 5.69. The Balaban J connectivity index is 1.56. The molecule has 1 aliphatic rings. The molecule has 1 aliphatic heterocycles. The van der Waals surface area contributed by atoms with E-state index in [1.165, 1.54) is 10.5 Å². The van der Waals surface area contributed by atoms with Gasteiger partial charge in [0.25, 0.3) is 0 Å². The molecule has 2 aromatic rings. The molecule has 1 aromatic carbocycles. The minimum atomic E-state index is -4.11. The average molecular weight is 297 g/mol. The maximum atomic E-state index is 12.4. The summed E-state index contributed by atoms with van der Waals surface area (Å²) in [5.41, 5.74) is 2.25. The Labute approximate surface area is 121 Å². The lowest BCUT2D eigenvalue weighted by molar-refractivity contribution is -0.143. The highest BCUT2D eigenvalue weighted by Crippen LogP contribution is 2.21. The zero-order valence-electron chi connectivity index (χ0n) is 11.6. The molecule has 3 rings (SSSR count). The number of halogens is 3. The lowest BCUT2D eigenvalue weighted by atomic mass is 10.1. The SMILES string of the molecule is FC(F)(F)CN1CC[C@H](NCc2cccc3[nH]ccc23)C1. The van der Waals surface area contributed by atoms with Crippen LogP contribution in [0, 0.1) is 0 Å². The Kier molecular flexibility index (Phi) is 3.91. The van der Waals surface area contributed by atoms with Gasteiger partial charge in [-0.15, -0.1) is 0 Å². The van der Waals surface area contributed by atoms with Crippen molar-refractivity contribution in [1.82, 2.24) is 15.2 Å². The second-order valence-electron chi connectivity index (χ2n) is 5.57. The smallest absolute Gasteiger partial charge is 0.361 e. The molecule has 0 aliphatic carbocycles. The standard InChI is InChI=1S/C15H18F3N3/c16-15(17,18)10-21-7-5-12(9-21)20-8-11-2-1-3-14-13(11)4-6-19-14/h1-4,6,12,19-20H,5,7-10H2/t12-/m0/s1. The van der Waals surface area contributed by atoms with Gasteiger partial charge in [0.15, 0.2) is 0 Å². The van der Waals surface area contributed by atoms with E-state index in [2.05, 4.69) is 10.3 Å². The summed E-state index contributed by atoms with van der Waals surface area (Å²) in [6, 6.07) is 8.20. The van der Waals surface area contributed by atoms with Gasteiger partial charge in [0.1, 0.15) is 0 Å². The van der Waals surface area contributed by atoms with Gasteiger partial charge in [-0.3, -0.25) is 4.90 Å². The monoisotopic (exact) mass is 297 g/mol. The fraction of sp³-hybridized carbons (Fsp3) is 0.467. The Hall–Kier alpha value is -1.53. The van der Waals surface area contributed by atoms with Crippen LogP contribution in [0.15, 0.2) is 30.5 Å². The van der Waals surface area contributed by atoms with Gasteiger partial charge in [-0.25, -0.2) is 0 Å². The molecule has 1 fully saturated rings. The van der Waals surface area contributed by atoms with E-state index < -0.39 is 12.7 Å². The van der Waals surface area contributed by atoms with Crippen LogP contribution in [0.25, 0.3) is 10.9 Å². The van der Waals surface area contributed by atoms with Crippen molar-refractivity contribution < 1.29 is 13.2 Å². The third-order valence-corrected chi connectivity index (χ3v) is 3.94. The first-order valence-electron chi connectivity index (χ1n) is 7.09. The van der Waals surface area contributed by atoms with Crippen LogP contribution in [0.2, 0.25) is 0 Å². The molecular formula is C15H18F3N3. The Morgan fingerprint density at radius 1 is 1.29 bits per heavy atom. The molecule has 0 unspecified atom stereocenters. The van der Waals surface area contributed by atoms with E-state index >= 15 is 0 Å². The van der Waals surface area contributed by atoms with Crippen LogP contribution >= 0.6 is 0 Å². The van der Waals surface area contributed by atoms with Gasteiger partial charge in [-0.2, -0.15) is 13.2 Å². The number of nitrogens with one attached hydrogen (secondary N) is 2. The maximum absolute atomic E-state index is 12.4. The van der Waals surface area contributed by atoms with Crippen LogP contribution in [-0.2, 0) is 6.54 Å². The summed E-state index contributed by atoms with van der Waals surface area (Å²) in [4.78, 5) is 4.63. The van der Waals surface area contributed by atoms with E-state index in [1.807, 2.05) is 30.5 Å². The number of benzene rings is 1. The Morgan fingerprint density at radius 3 is 2.95 bits per heavy atom. The number of nitrogens with zero attached hydrogens (tertiary/aromatic N) is 1. The van der Waals surface area contributed by atoms with Gasteiger partial charge < -0.3 is 10.3 Å². The van der Waals surface area contributed by atoms with Gasteiger partial charge in [-0.1, -0.05) is 12.1 Å². The van der Waals surface area contributed by atoms with Gasteiger partial charge in [0.05, 0.1) is 6.54 Å². The number of hydrogen-bond donors (Lipinski definition) is 2. The molecule has 2 heterocycles. The number of aromatic amines is 1. The number of rotatable bonds is 4. The summed E-state index contributed by atoms with van der Waals surface area (Å²) < 4.78 is 37.1. The van der Waals surface area contributed by atoms with Crippen molar-refractivity contribution in [3.05, 3.63) is 36.0 Å². The molecule has 114 valence electrons. The summed E-state index contributed by atoms with van der Waals surface area (Å²) in [6.45, 7) is 0.840. The predicted molar refractivity (Wildman–Crippen MR) is 76.0 cm³/mol. The highest BCUT2D eigenvalue weighted by Gasteiger charge is 2.34. The van der Waals surface area contributed by atoms with E-state index in [0.717, 1.165) is 17.3 Å². The van der Waals surface area contributed by atoms with Gasteiger partial charge >= 0.3 is 6.18 Å². The number of likely N-dealkylation sites (tertiary alicyclic amines) is 1. The molecule has 0 amide bonds. The summed E-state index contributed by atoms with van der Waals surface area (Å²) >= 11 is 0. The summed E-state index contributed by atoms with van der Waals surface area (Å²) in [5.74, 6) is 0. The number of hydrogen-bond acceptors (Lipinski definition) is 2. The minimum absolute atomic E-state index is 0.126. The third-order valence-electron chi connectivity index (χ3n) is 3.94. The highest BCUT2D eigenvalue weighted by atomic mass is 19.4. The van der Waals surface area contributed by atoms with E-state index in [1.54, 1.807) is 0 Å². The zero-order chi connectivity index (χ0) is 14.9. The molecule has 1 atom stereocenters. The van der Waals surface area contributed by atoms with Crippen LogP contribution in [0.5, 0.6) is 0 Å². The van der Waals surface area contributed by atoms with Crippen molar-refractivity contribution in [3.8, 4) is 0 Å². The number of H-pyrrole nitrogens is 1. The number of fused-ring (bicyclic) bond motifs is 1. The topological polar surface area (TPSA) is 31.1 Å². The van der Waals surface area contributed by atoms with Crippen LogP contribution < -0.4 is 5.32 Å². The first kappa shape index (κ1) is 14.4. The molecule has 1 saturated heterocycles. The highest BCUT2D eigenvalue weighted by molar-refractivity contribution is 5.82. The quantitative estimate of drug-likeness (QED) is 0.909. The fourth-order valence-corrected chi connectivity index (χ4v) is 2.96. The minimum Gasteiger partial charge on any atom is -0.361 e. The molecule has 0 bridgehead atoms. The maximum Gasteiger partial charge on any atom is 0.401 e. The van der Waals surface area contributed by atoms with Crippen molar-refractivity contribution in [2.24, 2.45) is 0 Å². The van der Waals surface area contributed by atoms with Gasteiger partial charge in [0, 0.05) is 42.8 Å². The van der Waals surface area contributed by atoms with Crippen molar-refractivity contribution in [3.63, 3.8) is 0 Å². The second-order valence-corrected chi connectivity index (χ2v) is 5.57. The average Bonchev–Trinajstić information content (AvgIpc) is 3.03. The molecule has 1 aromatic heterocycles. The first-order chi connectivity index (χ1) is 10.0. The number of alkyl halides is 3. The van der Waals surface area contributed by atoms with E-state index in [0.29, 0.717) is 19.6 Å².